The van der Waals surface area contributed by atoms with E-state index in [2.05, 4.69) is 4.90 Å². The maximum Gasteiger partial charge on any atom is 0.295 e. The van der Waals surface area contributed by atoms with E-state index in [1.54, 1.807) is 37.3 Å². The molecular weight excluding hydrogens is 423 g/mol. The third kappa shape index (κ3) is 5.09. The lowest BCUT2D eigenvalue weighted by Crippen LogP contribution is -2.38. The summed E-state index contributed by atoms with van der Waals surface area (Å²) in [4.78, 5) is 29.8. The Balaban J connectivity index is 2.09. The monoisotopic (exact) mass is 454 g/mol. The molecule has 1 N–H and O–H groups in total. The quantitative estimate of drug-likeness (QED) is 0.348. The van der Waals surface area contributed by atoms with Crippen molar-refractivity contribution in [2.75, 3.05) is 32.8 Å². The van der Waals surface area contributed by atoms with Gasteiger partial charge in [-0.1, -0.05) is 38.1 Å². The smallest absolute Gasteiger partial charge is 0.295 e. The fraction of sp³-hybridized carbons (Fsp3) is 0.385. The van der Waals surface area contributed by atoms with Crippen LogP contribution in [0, 0.1) is 12.7 Å². The molecule has 1 aliphatic rings. The van der Waals surface area contributed by atoms with Crippen LogP contribution in [0.3, 0.4) is 0 Å². The second kappa shape index (κ2) is 10.6. The van der Waals surface area contributed by atoms with E-state index in [4.69, 9.17) is 4.74 Å². The number of nitrogens with zero attached hydrogens (tertiary/aromatic N) is 2. The van der Waals surface area contributed by atoms with Gasteiger partial charge < -0.3 is 19.6 Å². The molecule has 2 aromatic rings. The molecule has 0 radical (unpaired) electrons. The maximum atomic E-state index is 14.2. The minimum Gasteiger partial charge on any atom is -0.507 e. The highest BCUT2D eigenvalue weighted by Gasteiger charge is 2.46. The van der Waals surface area contributed by atoms with E-state index >= 15 is 0 Å². The number of hydrogen-bond donors (Lipinski definition) is 1. The minimum atomic E-state index is -0.777. The maximum absolute atomic E-state index is 14.2. The predicted octanol–water partition coefficient (Wildman–Crippen LogP) is 4.30. The summed E-state index contributed by atoms with van der Waals surface area (Å²) in [5.41, 5.74) is 1.23. The number of aliphatic hydroxyl groups is 1. The summed E-state index contributed by atoms with van der Waals surface area (Å²) in [7, 11) is 0. The molecule has 2 aromatic carbocycles. The van der Waals surface area contributed by atoms with Gasteiger partial charge in [-0.25, -0.2) is 4.39 Å². The molecule has 0 spiro atoms. The van der Waals surface area contributed by atoms with Gasteiger partial charge in [0.05, 0.1) is 18.2 Å². The van der Waals surface area contributed by atoms with Gasteiger partial charge in [0.2, 0.25) is 0 Å². The van der Waals surface area contributed by atoms with Crippen molar-refractivity contribution >= 4 is 17.4 Å². The molecule has 6 nitrogen and oxygen atoms in total. The molecule has 0 saturated carbocycles. The Morgan fingerprint density at radius 2 is 1.76 bits per heavy atom. The van der Waals surface area contributed by atoms with Crippen molar-refractivity contribution in [2.45, 2.75) is 33.7 Å². The molecule has 1 aliphatic heterocycles. The minimum absolute atomic E-state index is 0.0352. The number of rotatable bonds is 9. The first-order valence-corrected chi connectivity index (χ1v) is 11.3. The molecule has 1 amide bonds. The Labute approximate surface area is 194 Å². The van der Waals surface area contributed by atoms with E-state index in [1.807, 2.05) is 20.8 Å². The zero-order chi connectivity index (χ0) is 24.1. The van der Waals surface area contributed by atoms with Crippen LogP contribution in [0.1, 0.15) is 43.5 Å². The van der Waals surface area contributed by atoms with Crippen molar-refractivity contribution in [3.8, 4) is 5.75 Å². The van der Waals surface area contributed by atoms with Crippen LogP contribution in [0.2, 0.25) is 0 Å². The normalized spacial score (nSPS) is 17.8. The second-order valence-corrected chi connectivity index (χ2v) is 7.99. The van der Waals surface area contributed by atoms with Crippen molar-refractivity contribution in [1.29, 1.82) is 0 Å². The molecule has 0 aliphatic carbocycles. The zero-order valence-corrected chi connectivity index (χ0v) is 19.6. The summed E-state index contributed by atoms with van der Waals surface area (Å²) in [6.45, 7) is 10.6. The largest absolute Gasteiger partial charge is 0.507 e. The number of aliphatic hydroxyl groups excluding tert-OH is 1. The van der Waals surface area contributed by atoms with E-state index < -0.39 is 23.5 Å². The molecule has 1 fully saturated rings. The van der Waals surface area contributed by atoms with Crippen LogP contribution in [-0.4, -0.2) is 59.4 Å². The summed E-state index contributed by atoms with van der Waals surface area (Å²) in [5, 5.41) is 11.1. The molecule has 1 heterocycles. The van der Waals surface area contributed by atoms with Gasteiger partial charge in [-0.15, -0.1) is 0 Å². The second-order valence-electron chi connectivity index (χ2n) is 7.99. The van der Waals surface area contributed by atoms with Gasteiger partial charge in [0, 0.05) is 18.7 Å². The molecule has 0 bridgehead atoms. The van der Waals surface area contributed by atoms with E-state index in [1.165, 1.54) is 17.0 Å². The van der Waals surface area contributed by atoms with Crippen molar-refractivity contribution in [1.82, 2.24) is 9.80 Å². The van der Waals surface area contributed by atoms with Crippen LogP contribution in [-0.2, 0) is 9.59 Å². The Hall–Kier alpha value is -3.19. The molecule has 33 heavy (non-hydrogen) atoms. The van der Waals surface area contributed by atoms with E-state index in [0.717, 1.165) is 13.1 Å². The Morgan fingerprint density at radius 3 is 2.33 bits per heavy atom. The molecule has 7 heteroatoms. The summed E-state index contributed by atoms with van der Waals surface area (Å²) in [6, 6.07) is 10.6. The summed E-state index contributed by atoms with van der Waals surface area (Å²) >= 11 is 0. The summed E-state index contributed by atoms with van der Waals surface area (Å²) < 4.78 is 19.7. The van der Waals surface area contributed by atoms with Crippen molar-refractivity contribution in [3.05, 3.63) is 70.5 Å². The highest BCUT2D eigenvalue weighted by Crippen LogP contribution is 2.39. The molecule has 1 saturated heterocycles. The van der Waals surface area contributed by atoms with Crippen LogP contribution >= 0.6 is 0 Å². The van der Waals surface area contributed by atoms with E-state index in [9.17, 15) is 19.1 Å². The lowest BCUT2D eigenvalue weighted by atomic mass is 9.95. The average molecular weight is 455 g/mol. The van der Waals surface area contributed by atoms with Crippen molar-refractivity contribution < 1.29 is 23.8 Å². The number of carbonyl (C=O) groups is 2. The Kier molecular flexibility index (Phi) is 7.87. The lowest BCUT2D eigenvalue weighted by Gasteiger charge is -2.28. The number of halogens is 1. The van der Waals surface area contributed by atoms with Gasteiger partial charge in [-0.05, 0) is 56.3 Å². The number of ether oxygens (including phenoxy) is 1. The number of Topliss-reactive ketones (excluding diaryl/α,β-unsaturated/α-hetero) is 1. The van der Waals surface area contributed by atoms with Crippen molar-refractivity contribution in [2.24, 2.45) is 0 Å². The number of amides is 1. The first-order valence-electron chi connectivity index (χ1n) is 11.3. The molecule has 176 valence electrons. The van der Waals surface area contributed by atoms with Gasteiger partial charge in [0.1, 0.15) is 17.3 Å². The number of ketones is 1. The molecule has 0 aromatic heterocycles. The van der Waals surface area contributed by atoms with E-state index in [0.29, 0.717) is 36.6 Å². The van der Waals surface area contributed by atoms with Crippen LogP contribution in [0.4, 0.5) is 4.39 Å². The van der Waals surface area contributed by atoms with Gasteiger partial charge in [-0.3, -0.25) is 9.59 Å². The molecule has 0 unspecified atom stereocenters. The SMILES string of the molecule is CCOc1ccc([C@@H]2C(=C(O)c3ccc(C)c(F)c3)C(=O)C(=O)N2CCN(CC)CC)cc1. The number of hydrogen-bond acceptors (Lipinski definition) is 5. The average Bonchev–Trinajstić information content (AvgIpc) is 3.06. The zero-order valence-electron chi connectivity index (χ0n) is 19.6. The molecule has 3 rings (SSSR count). The van der Waals surface area contributed by atoms with Gasteiger partial charge >= 0.3 is 0 Å². The van der Waals surface area contributed by atoms with Crippen LogP contribution < -0.4 is 4.74 Å². The number of benzene rings is 2. The van der Waals surface area contributed by atoms with E-state index in [-0.39, 0.29) is 16.9 Å². The topological polar surface area (TPSA) is 70.1 Å². The predicted molar refractivity (Wildman–Crippen MR) is 126 cm³/mol. The van der Waals surface area contributed by atoms with Gasteiger partial charge in [0.15, 0.2) is 0 Å². The number of likely N-dealkylation sites (tertiary alicyclic amines) is 1. The van der Waals surface area contributed by atoms with Crippen LogP contribution in [0.15, 0.2) is 48.0 Å². The summed E-state index contributed by atoms with van der Waals surface area (Å²) in [6.07, 6.45) is 0. The Bertz CT molecular complexity index is 1040. The Morgan fingerprint density at radius 1 is 1.09 bits per heavy atom. The number of carbonyl (C=O) groups excluding carboxylic acids is 2. The standard InChI is InChI=1S/C26H31FN2O4/c1-5-28(6-2)14-15-29-23(18-10-12-20(13-11-18)33-7-3)22(25(31)26(29)32)24(30)19-9-8-17(4)21(27)16-19/h8-13,16,23,30H,5-7,14-15H2,1-4H3/t23-/m1/s1. The first-order chi connectivity index (χ1) is 15.8. The number of aryl methyl sites for hydroxylation is 1. The van der Waals surface area contributed by atoms with Crippen LogP contribution in [0.25, 0.3) is 5.76 Å². The van der Waals surface area contributed by atoms with Gasteiger partial charge in [0.25, 0.3) is 11.7 Å². The molecular formula is C26H31FN2O4. The van der Waals surface area contributed by atoms with Crippen molar-refractivity contribution in [3.63, 3.8) is 0 Å². The van der Waals surface area contributed by atoms with Crippen LogP contribution in [0.5, 0.6) is 5.75 Å². The lowest BCUT2D eigenvalue weighted by molar-refractivity contribution is -0.140. The fourth-order valence-corrected chi connectivity index (χ4v) is 4.05. The fourth-order valence-electron chi connectivity index (χ4n) is 4.05. The highest BCUT2D eigenvalue weighted by atomic mass is 19.1. The summed E-state index contributed by atoms with van der Waals surface area (Å²) in [5.74, 6) is -1.65. The third-order valence-corrected chi connectivity index (χ3v) is 6.04. The van der Waals surface area contributed by atoms with Gasteiger partial charge in [-0.2, -0.15) is 0 Å². The number of likely N-dealkylation sites (N-methyl/N-ethyl adjacent to an activating group) is 1. The molecule has 1 atom stereocenters. The first kappa shape index (κ1) is 24.5. The highest BCUT2D eigenvalue weighted by molar-refractivity contribution is 6.46. The third-order valence-electron chi connectivity index (χ3n) is 6.04.